The molecule has 3 nitrogen and oxygen atoms in total. The molecule has 0 saturated carbocycles. The number of aryl methyl sites for hydroxylation is 1. The Morgan fingerprint density at radius 1 is 1.19 bits per heavy atom. The number of rotatable bonds is 3. The molecule has 0 aliphatic carbocycles. The third-order valence-electron chi connectivity index (χ3n) is 3.28. The van der Waals surface area contributed by atoms with Crippen LogP contribution in [0.15, 0.2) is 58.3 Å². The summed E-state index contributed by atoms with van der Waals surface area (Å²) in [6, 6.07) is 15.1. The summed E-state index contributed by atoms with van der Waals surface area (Å²) >= 11 is 7.51. The van der Waals surface area contributed by atoms with E-state index in [1.54, 1.807) is 17.7 Å². The van der Waals surface area contributed by atoms with Gasteiger partial charge in [0.1, 0.15) is 5.69 Å². The lowest BCUT2D eigenvalue weighted by Gasteiger charge is -2.03. The van der Waals surface area contributed by atoms with E-state index in [0.717, 1.165) is 15.8 Å². The fourth-order valence-corrected chi connectivity index (χ4v) is 3.63. The minimum absolute atomic E-state index is 0.279. The first-order chi connectivity index (χ1) is 10.1. The van der Waals surface area contributed by atoms with Gasteiger partial charge in [0, 0.05) is 27.9 Å². The van der Waals surface area contributed by atoms with Gasteiger partial charge in [-0.2, -0.15) is 0 Å². The van der Waals surface area contributed by atoms with Gasteiger partial charge in [-0.25, -0.2) is 4.79 Å². The third-order valence-corrected chi connectivity index (χ3v) is 4.64. The molecular weight excluding hydrogens is 306 g/mol. The maximum absolute atomic E-state index is 11.6. The van der Waals surface area contributed by atoms with Gasteiger partial charge >= 0.3 is 5.97 Å². The number of aromatic carboxylic acids is 1. The van der Waals surface area contributed by atoms with E-state index in [4.69, 9.17) is 11.6 Å². The van der Waals surface area contributed by atoms with Gasteiger partial charge in [-0.05, 0) is 30.3 Å². The summed E-state index contributed by atoms with van der Waals surface area (Å²) in [5.41, 5.74) is 1.14. The zero-order valence-electron chi connectivity index (χ0n) is 11.2. The largest absolute Gasteiger partial charge is 0.477 e. The predicted molar refractivity (Wildman–Crippen MR) is 85.5 cm³/mol. The summed E-state index contributed by atoms with van der Waals surface area (Å²) in [6.07, 6.45) is 0. The Balaban J connectivity index is 2.25. The second-order valence-electron chi connectivity index (χ2n) is 4.62. The molecule has 3 aromatic rings. The van der Waals surface area contributed by atoms with E-state index in [2.05, 4.69) is 0 Å². The maximum Gasteiger partial charge on any atom is 0.353 e. The van der Waals surface area contributed by atoms with E-state index in [-0.39, 0.29) is 5.69 Å². The topological polar surface area (TPSA) is 42.2 Å². The summed E-state index contributed by atoms with van der Waals surface area (Å²) in [7, 11) is 1.76. The van der Waals surface area contributed by atoms with Gasteiger partial charge in [0.2, 0.25) is 0 Å². The van der Waals surface area contributed by atoms with Crippen LogP contribution in [0.4, 0.5) is 0 Å². The van der Waals surface area contributed by atoms with Gasteiger partial charge in [-0.1, -0.05) is 41.6 Å². The lowest BCUT2D eigenvalue weighted by molar-refractivity contribution is 0.0683. The first kappa shape index (κ1) is 14.0. The van der Waals surface area contributed by atoms with Crippen LogP contribution in [0.1, 0.15) is 10.5 Å². The van der Waals surface area contributed by atoms with Gasteiger partial charge in [-0.15, -0.1) is 0 Å². The van der Waals surface area contributed by atoms with E-state index >= 15 is 0 Å². The first-order valence-electron chi connectivity index (χ1n) is 6.32. The lowest BCUT2D eigenvalue weighted by atomic mass is 10.2. The molecule has 0 saturated heterocycles. The molecule has 0 radical (unpaired) electrons. The van der Waals surface area contributed by atoms with Crippen LogP contribution in [-0.4, -0.2) is 15.6 Å². The average Bonchev–Trinajstić information content (AvgIpc) is 2.72. The zero-order valence-corrected chi connectivity index (χ0v) is 12.8. The molecule has 0 spiro atoms. The Kier molecular flexibility index (Phi) is 3.66. The number of halogens is 1. The minimum atomic E-state index is -0.941. The lowest BCUT2D eigenvalue weighted by Crippen LogP contribution is -2.05. The Labute approximate surface area is 131 Å². The van der Waals surface area contributed by atoms with Crippen molar-refractivity contribution in [1.82, 2.24) is 4.57 Å². The highest BCUT2D eigenvalue weighted by Gasteiger charge is 2.21. The maximum atomic E-state index is 11.6. The second kappa shape index (κ2) is 5.47. The quantitative estimate of drug-likeness (QED) is 0.762. The SMILES string of the molecule is Cn1c(C(=O)O)c(Sc2ccccc2)c2cc(Cl)ccc21. The Morgan fingerprint density at radius 2 is 1.90 bits per heavy atom. The van der Waals surface area contributed by atoms with Crippen molar-refractivity contribution < 1.29 is 9.90 Å². The molecule has 0 bridgehead atoms. The van der Waals surface area contributed by atoms with E-state index in [0.29, 0.717) is 9.92 Å². The van der Waals surface area contributed by atoms with Crippen LogP contribution in [0, 0.1) is 0 Å². The van der Waals surface area contributed by atoms with Gasteiger partial charge in [0.05, 0.1) is 4.90 Å². The molecule has 0 amide bonds. The van der Waals surface area contributed by atoms with Crippen molar-refractivity contribution in [3.8, 4) is 0 Å². The van der Waals surface area contributed by atoms with E-state index < -0.39 is 5.97 Å². The predicted octanol–water partition coefficient (Wildman–Crippen LogP) is 4.68. The molecule has 0 fully saturated rings. The molecule has 0 atom stereocenters. The number of hydrogen-bond acceptors (Lipinski definition) is 2. The second-order valence-corrected chi connectivity index (χ2v) is 6.14. The van der Waals surface area contributed by atoms with Crippen LogP contribution in [0.2, 0.25) is 5.02 Å². The third kappa shape index (κ3) is 2.52. The van der Waals surface area contributed by atoms with Crippen LogP contribution in [-0.2, 0) is 7.05 Å². The monoisotopic (exact) mass is 317 g/mol. The summed E-state index contributed by atoms with van der Waals surface area (Å²) < 4.78 is 1.69. The smallest absolute Gasteiger partial charge is 0.353 e. The minimum Gasteiger partial charge on any atom is -0.477 e. The molecule has 0 unspecified atom stereocenters. The van der Waals surface area contributed by atoms with Gasteiger partial charge in [-0.3, -0.25) is 0 Å². The van der Waals surface area contributed by atoms with Crippen molar-refractivity contribution in [1.29, 1.82) is 0 Å². The van der Waals surface area contributed by atoms with Crippen molar-refractivity contribution in [2.75, 3.05) is 0 Å². The Hall–Kier alpha value is -1.91. The first-order valence-corrected chi connectivity index (χ1v) is 7.51. The fourth-order valence-electron chi connectivity index (χ4n) is 2.33. The van der Waals surface area contributed by atoms with Crippen molar-refractivity contribution in [2.45, 2.75) is 9.79 Å². The normalized spacial score (nSPS) is 11.0. The average molecular weight is 318 g/mol. The molecule has 0 aliphatic rings. The molecule has 2 aromatic carbocycles. The summed E-state index contributed by atoms with van der Waals surface area (Å²) in [6.45, 7) is 0. The summed E-state index contributed by atoms with van der Waals surface area (Å²) in [5, 5.41) is 11.0. The molecular formula is C16H12ClNO2S. The number of hydrogen-bond donors (Lipinski definition) is 1. The zero-order chi connectivity index (χ0) is 15.0. The van der Waals surface area contributed by atoms with Crippen LogP contribution >= 0.6 is 23.4 Å². The highest BCUT2D eigenvalue weighted by atomic mass is 35.5. The molecule has 1 aromatic heterocycles. The molecule has 0 aliphatic heterocycles. The summed E-state index contributed by atoms with van der Waals surface area (Å²) in [4.78, 5) is 13.3. The van der Waals surface area contributed by atoms with Gasteiger partial charge in [0.15, 0.2) is 0 Å². The standard InChI is InChI=1S/C16H12ClNO2S/c1-18-13-8-7-10(17)9-12(13)15(14(18)16(19)20)21-11-5-3-2-4-6-11/h2-9H,1H3,(H,19,20). The fraction of sp³-hybridized carbons (Fsp3) is 0.0625. The van der Waals surface area contributed by atoms with Crippen LogP contribution in [0.5, 0.6) is 0 Å². The highest BCUT2D eigenvalue weighted by Crippen LogP contribution is 2.39. The van der Waals surface area contributed by atoms with Crippen molar-refractivity contribution in [3.05, 3.63) is 59.2 Å². The van der Waals surface area contributed by atoms with Crippen molar-refractivity contribution in [3.63, 3.8) is 0 Å². The molecule has 1 heterocycles. The molecule has 106 valence electrons. The number of aromatic nitrogens is 1. The Bertz CT molecular complexity index is 827. The number of benzene rings is 2. The Morgan fingerprint density at radius 3 is 2.57 bits per heavy atom. The van der Waals surface area contributed by atoms with E-state index in [1.165, 1.54) is 11.8 Å². The van der Waals surface area contributed by atoms with Gasteiger partial charge < -0.3 is 9.67 Å². The molecule has 1 N–H and O–H groups in total. The van der Waals surface area contributed by atoms with Gasteiger partial charge in [0.25, 0.3) is 0 Å². The van der Waals surface area contributed by atoms with Crippen LogP contribution in [0.3, 0.4) is 0 Å². The molecule has 3 rings (SSSR count). The van der Waals surface area contributed by atoms with Crippen molar-refractivity contribution >= 4 is 40.2 Å². The number of carboxylic acids is 1. The number of carboxylic acid groups (broad SMARTS) is 1. The van der Waals surface area contributed by atoms with Crippen LogP contribution < -0.4 is 0 Å². The van der Waals surface area contributed by atoms with E-state index in [1.807, 2.05) is 42.5 Å². The number of nitrogens with zero attached hydrogens (tertiary/aromatic N) is 1. The van der Waals surface area contributed by atoms with Crippen molar-refractivity contribution in [2.24, 2.45) is 7.05 Å². The number of fused-ring (bicyclic) bond motifs is 1. The molecule has 5 heteroatoms. The highest BCUT2D eigenvalue weighted by molar-refractivity contribution is 7.99. The summed E-state index contributed by atoms with van der Waals surface area (Å²) in [5.74, 6) is -0.941. The molecule has 21 heavy (non-hydrogen) atoms. The number of carbonyl (C=O) groups is 1. The van der Waals surface area contributed by atoms with E-state index in [9.17, 15) is 9.90 Å². The van der Waals surface area contributed by atoms with Crippen LogP contribution in [0.25, 0.3) is 10.9 Å².